The number of nitrogens with one attached hydrogen (secondary N) is 1. The maximum atomic E-state index is 9.07. The minimum Gasteiger partial charge on any atom is -0.372 e. The van der Waals surface area contributed by atoms with Gasteiger partial charge in [0.1, 0.15) is 0 Å². The average Bonchev–Trinajstić information content (AvgIpc) is 2.08. The van der Waals surface area contributed by atoms with E-state index in [4.69, 9.17) is 5.11 Å². The van der Waals surface area contributed by atoms with E-state index < -0.39 is 4.93 Å². The van der Waals surface area contributed by atoms with Gasteiger partial charge in [0, 0.05) is 0 Å². The van der Waals surface area contributed by atoms with Gasteiger partial charge in [-0.25, -0.2) is 5.10 Å². The Morgan fingerprint density at radius 3 is 2.67 bits per heavy atom. The Morgan fingerprint density at radius 2 is 2.44 bits per heavy atom. The van der Waals surface area contributed by atoms with Crippen LogP contribution in [0.3, 0.4) is 0 Å². The number of aromatic amines is 1. The van der Waals surface area contributed by atoms with E-state index >= 15 is 0 Å². The van der Waals surface area contributed by atoms with Crippen LogP contribution in [0, 0.1) is 0 Å². The van der Waals surface area contributed by atoms with Crippen molar-refractivity contribution in [3.05, 3.63) is 5.82 Å². The van der Waals surface area contributed by atoms with Crippen molar-refractivity contribution in [3.8, 4) is 0 Å². The molecule has 0 amide bonds. The quantitative estimate of drug-likeness (QED) is 0.361. The highest BCUT2D eigenvalue weighted by Crippen LogP contribution is 2.18. The second-order valence-corrected chi connectivity index (χ2v) is 2.64. The molecule has 9 heavy (non-hydrogen) atoms. The van der Waals surface area contributed by atoms with Crippen molar-refractivity contribution in [2.45, 2.75) is 11.9 Å². The predicted octanol–water partition coefficient (Wildman–Crippen LogP) is -0.706. The molecule has 0 fully saturated rings. The lowest BCUT2D eigenvalue weighted by molar-refractivity contribution is 0.151. The van der Waals surface area contributed by atoms with Gasteiger partial charge in [0.25, 0.3) is 0 Å². The zero-order valence-corrected chi connectivity index (χ0v) is 5.63. The number of hydrogen-bond donors (Lipinski definition) is 3. The highest BCUT2D eigenvalue weighted by Gasteiger charge is 2.20. The Balaban J connectivity index is 2.90. The summed E-state index contributed by atoms with van der Waals surface area (Å²) in [6.07, 6.45) is 0. The average molecular weight is 146 g/mol. The molecule has 1 heterocycles. The van der Waals surface area contributed by atoms with Crippen LogP contribution in [-0.4, -0.2) is 25.7 Å². The van der Waals surface area contributed by atoms with Crippen molar-refractivity contribution >= 4 is 12.6 Å². The third-order valence-corrected chi connectivity index (χ3v) is 1.01. The lowest BCUT2D eigenvalue weighted by Crippen LogP contribution is -2.14. The molecule has 1 atom stereocenters. The second kappa shape index (κ2) is 1.96. The number of H-pyrrole nitrogens is 1. The summed E-state index contributed by atoms with van der Waals surface area (Å²) >= 11 is 3.79. The molecule has 1 aromatic rings. The fourth-order valence-electron chi connectivity index (χ4n) is 0.360. The van der Waals surface area contributed by atoms with E-state index in [2.05, 4.69) is 33.3 Å². The van der Waals surface area contributed by atoms with Crippen molar-refractivity contribution in [2.75, 3.05) is 0 Å². The van der Waals surface area contributed by atoms with Gasteiger partial charge in [-0.3, -0.25) is 0 Å². The van der Waals surface area contributed by atoms with E-state index in [0.29, 0.717) is 0 Å². The molecular weight excluding hydrogens is 140 g/mol. The molecule has 0 aromatic carbocycles. The molecule has 0 aliphatic carbocycles. The number of rotatable bonds is 1. The fraction of sp³-hybridized carbons (Fsp3) is 0.667. The number of hydrogen-bond acceptors (Lipinski definition) is 5. The Labute approximate surface area is 56.9 Å². The first-order valence-corrected chi connectivity index (χ1v) is 2.74. The van der Waals surface area contributed by atoms with Crippen LogP contribution in [0.5, 0.6) is 0 Å². The van der Waals surface area contributed by atoms with Crippen LogP contribution >= 0.6 is 12.6 Å². The van der Waals surface area contributed by atoms with Crippen molar-refractivity contribution in [2.24, 2.45) is 0 Å². The summed E-state index contributed by atoms with van der Waals surface area (Å²) < 4.78 is 0. The molecule has 5 nitrogen and oxygen atoms in total. The molecule has 0 saturated carbocycles. The zero-order valence-electron chi connectivity index (χ0n) is 4.74. The van der Waals surface area contributed by atoms with Gasteiger partial charge < -0.3 is 5.11 Å². The number of thiol groups is 1. The molecule has 2 N–H and O–H groups in total. The van der Waals surface area contributed by atoms with Gasteiger partial charge in [-0.2, -0.15) is 0 Å². The number of nitrogens with zero attached hydrogens (tertiary/aromatic N) is 3. The lowest BCUT2D eigenvalue weighted by Gasteiger charge is -2.09. The van der Waals surface area contributed by atoms with Gasteiger partial charge in [-0.1, -0.05) is 0 Å². The van der Waals surface area contributed by atoms with Crippen LogP contribution < -0.4 is 0 Å². The smallest absolute Gasteiger partial charge is 0.190 e. The van der Waals surface area contributed by atoms with Crippen molar-refractivity contribution in [1.82, 2.24) is 20.6 Å². The SMILES string of the molecule is CC(O)(S)c1nnn[nH]1. The summed E-state index contributed by atoms with van der Waals surface area (Å²) in [5.74, 6) is 0.242. The van der Waals surface area contributed by atoms with Crippen LogP contribution in [0.25, 0.3) is 0 Å². The van der Waals surface area contributed by atoms with Gasteiger partial charge in [0.2, 0.25) is 0 Å². The molecule has 1 rings (SSSR count). The van der Waals surface area contributed by atoms with Crippen LogP contribution in [0.1, 0.15) is 12.7 Å². The maximum absolute atomic E-state index is 9.07. The summed E-state index contributed by atoms with van der Waals surface area (Å²) in [5.41, 5.74) is 0. The number of tetrazole rings is 1. The third kappa shape index (κ3) is 1.39. The molecule has 0 aliphatic rings. The summed E-state index contributed by atoms with van der Waals surface area (Å²) in [7, 11) is 0. The van der Waals surface area contributed by atoms with Gasteiger partial charge in [-0.05, 0) is 17.4 Å². The van der Waals surface area contributed by atoms with Crippen LogP contribution in [-0.2, 0) is 4.93 Å². The zero-order chi connectivity index (χ0) is 6.91. The third-order valence-electron chi connectivity index (χ3n) is 0.794. The standard InChI is InChI=1S/C3H6N4OS/c1-3(8,9)2-4-6-7-5-2/h8-9H,1H3,(H,4,5,6,7). The molecular formula is C3H6N4OS. The monoisotopic (exact) mass is 146 g/mol. The van der Waals surface area contributed by atoms with E-state index in [-0.39, 0.29) is 5.82 Å². The molecule has 1 aromatic heterocycles. The number of aliphatic hydroxyl groups is 1. The summed E-state index contributed by atoms with van der Waals surface area (Å²) in [6, 6.07) is 0. The van der Waals surface area contributed by atoms with Crippen molar-refractivity contribution in [3.63, 3.8) is 0 Å². The highest BCUT2D eigenvalue weighted by molar-refractivity contribution is 7.81. The normalized spacial score (nSPS) is 17.2. The lowest BCUT2D eigenvalue weighted by atomic mass is 10.4. The molecule has 0 spiro atoms. The van der Waals surface area contributed by atoms with Gasteiger partial charge in [0.15, 0.2) is 10.8 Å². The Hall–Kier alpha value is -0.620. The van der Waals surface area contributed by atoms with Crippen molar-refractivity contribution < 1.29 is 5.11 Å². The number of aromatic nitrogens is 4. The van der Waals surface area contributed by atoms with Crippen LogP contribution in [0.15, 0.2) is 0 Å². The molecule has 50 valence electrons. The first-order chi connectivity index (χ1) is 4.11. The predicted molar refractivity (Wildman–Crippen MR) is 32.7 cm³/mol. The van der Waals surface area contributed by atoms with E-state index in [1.165, 1.54) is 6.92 Å². The van der Waals surface area contributed by atoms with Gasteiger partial charge in [-0.15, -0.1) is 17.7 Å². The van der Waals surface area contributed by atoms with Gasteiger partial charge >= 0.3 is 0 Å². The fourth-order valence-corrected chi connectivity index (χ4v) is 0.455. The van der Waals surface area contributed by atoms with E-state index in [9.17, 15) is 0 Å². The Kier molecular flexibility index (Phi) is 1.42. The summed E-state index contributed by atoms with van der Waals surface area (Å²) in [6.45, 7) is 1.47. The van der Waals surface area contributed by atoms with E-state index in [1.54, 1.807) is 0 Å². The largest absolute Gasteiger partial charge is 0.372 e. The Bertz CT molecular complexity index is 178. The summed E-state index contributed by atoms with van der Waals surface area (Å²) in [4.78, 5) is -1.27. The van der Waals surface area contributed by atoms with Gasteiger partial charge in [0.05, 0.1) is 0 Å². The molecule has 0 saturated heterocycles. The topological polar surface area (TPSA) is 74.7 Å². The first kappa shape index (κ1) is 6.50. The molecule has 6 heteroatoms. The van der Waals surface area contributed by atoms with Crippen LogP contribution in [0.4, 0.5) is 0 Å². The highest BCUT2D eigenvalue weighted by atomic mass is 32.1. The van der Waals surface area contributed by atoms with E-state index in [0.717, 1.165) is 0 Å². The van der Waals surface area contributed by atoms with E-state index in [1.807, 2.05) is 0 Å². The minimum absolute atomic E-state index is 0.242. The molecule has 1 unspecified atom stereocenters. The molecule has 0 bridgehead atoms. The van der Waals surface area contributed by atoms with Crippen LogP contribution in [0.2, 0.25) is 0 Å². The molecule has 0 radical (unpaired) electrons. The summed E-state index contributed by atoms with van der Waals surface area (Å²) in [5, 5.41) is 21.4. The minimum atomic E-state index is -1.27. The van der Waals surface area contributed by atoms with Crippen molar-refractivity contribution in [1.29, 1.82) is 0 Å². The Morgan fingerprint density at radius 1 is 1.78 bits per heavy atom. The second-order valence-electron chi connectivity index (χ2n) is 1.77. The first-order valence-electron chi connectivity index (χ1n) is 2.29. The molecule has 0 aliphatic heterocycles. The maximum Gasteiger partial charge on any atom is 0.190 e.